The van der Waals surface area contributed by atoms with E-state index in [0.29, 0.717) is 0 Å². The van der Waals surface area contributed by atoms with E-state index in [1.165, 1.54) is 11.1 Å². The van der Waals surface area contributed by atoms with Crippen LogP contribution in [0.5, 0.6) is 0 Å². The third kappa shape index (κ3) is 4.09. The molecule has 19 heavy (non-hydrogen) atoms. The zero-order valence-corrected chi connectivity index (χ0v) is 12.2. The van der Waals surface area contributed by atoms with E-state index in [4.69, 9.17) is 11.6 Å². The summed E-state index contributed by atoms with van der Waals surface area (Å²) < 4.78 is 0. The summed E-state index contributed by atoms with van der Waals surface area (Å²) in [5.41, 5.74) is 3.85. The van der Waals surface area contributed by atoms with Crippen LogP contribution in [-0.4, -0.2) is 6.54 Å². The molecule has 0 aliphatic heterocycles. The SMILES string of the molecule is Cc1cccc(CCNC(C)c2ccccc2Cl)c1. The Labute approximate surface area is 120 Å². The fourth-order valence-corrected chi connectivity index (χ4v) is 2.54. The molecule has 100 valence electrons. The molecule has 0 heterocycles. The van der Waals surface area contributed by atoms with Gasteiger partial charge in [0.25, 0.3) is 0 Å². The van der Waals surface area contributed by atoms with Gasteiger partial charge in [-0.25, -0.2) is 0 Å². The van der Waals surface area contributed by atoms with Crippen molar-refractivity contribution in [3.05, 3.63) is 70.2 Å². The smallest absolute Gasteiger partial charge is 0.0453 e. The molecule has 0 aliphatic carbocycles. The highest BCUT2D eigenvalue weighted by molar-refractivity contribution is 6.31. The summed E-state index contributed by atoms with van der Waals surface area (Å²) in [7, 11) is 0. The van der Waals surface area contributed by atoms with Crippen molar-refractivity contribution in [2.45, 2.75) is 26.3 Å². The molecule has 0 aliphatic rings. The Hall–Kier alpha value is -1.31. The van der Waals surface area contributed by atoms with Crippen molar-refractivity contribution in [3.63, 3.8) is 0 Å². The zero-order chi connectivity index (χ0) is 13.7. The van der Waals surface area contributed by atoms with Crippen molar-refractivity contribution in [2.75, 3.05) is 6.54 Å². The topological polar surface area (TPSA) is 12.0 Å². The summed E-state index contributed by atoms with van der Waals surface area (Å²) in [6.07, 6.45) is 1.04. The number of rotatable bonds is 5. The second kappa shape index (κ2) is 6.74. The van der Waals surface area contributed by atoms with Crippen LogP contribution in [0.2, 0.25) is 5.02 Å². The second-order valence-corrected chi connectivity index (χ2v) is 5.34. The van der Waals surface area contributed by atoms with Crippen LogP contribution in [0.25, 0.3) is 0 Å². The third-order valence-electron chi connectivity index (χ3n) is 3.32. The van der Waals surface area contributed by atoms with Crippen molar-refractivity contribution >= 4 is 11.6 Å². The lowest BCUT2D eigenvalue weighted by molar-refractivity contribution is 0.577. The van der Waals surface area contributed by atoms with Crippen molar-refractivity contribution in [1.82, 2.24) is 5.32 Å². The second-order valence-electron chi connectivity index (χ2n) is 4.94. The van der Waals surface area contributed by atoms with Gasteiger partial charge in [0, 0.05) is 11.1 Å². The lowest BCUT2D eigenvalue weighted by Crippen LogP contribution is -2.21. The number of halogens is 1. The summed E-state index contributed by atoms with van der Waals surface area (Å²) in [5.74, 6) is 0. The molecule has 0 amide bonds. The van der Waals surface area contributed by atoms with Gasteiger partial charge in [-0.3, -0.25) is 0 Å². The zero-order valence-electron chi connectivity index (χ0n) is 11.5. The number of hydrogen-bond acceptors (Lipinski definition) is 1. The number of aryl methyl sites for hydroxylation is 1. The van der Waals surface area contributed by atoms with E-state index >= 15 is 0 Å². The molecule has 2 heteroatoms. The molecule has 1 N–H and O–H groups in total. The monoisotopic (exact) mass is 273 g/mol. The van der Waals surface area contributed by atoms with Gasteiger partial charge in [-0.15, -0.1) is 0 Å². The molecule has 1 atom stereocenters. The van der Waals surface area contributed by atoms with Crippen molar-refractivity contribution in [2.24, 2.45) is 0 Å². The van der Waals surface area contributed by atoms with E-state index in [0.717, 1.165) is 23.6 Å². The van der Waals surface area contributed by atoms with Gasteiger partial charge in [-0.1, -0.05) is 59.6 Å². The molecule has 2 aromatic rings. The minimum Gasteiger partial charge on any atom is -0.310 e. The van der Waals surface area contributed by atoms with Crippen LogP contribution in [0.4, 0.5) is 0 Å². The maximum absolute atomic E-state index is 6.20. The minimum absolute atomic E-state index is 0.276. The molecule has 2 rings (SSSR count). The molecule has 0 saturated carbocycles. The molecule has 1 nitrogen and oxygen atoms in total. The first-order valence-corrected chi connectivity index (χ1v) is 7.08. The summed E-state index contributed by atoms with van der Waals surface area (Å²) in [5, 5.41) is 4.35. The molecule has 1 unspecified atom stereocenters. The van der Waals surface area contributed by atoms with E-state index in [9.17, 15) is 0 Å². The Kier molecular flexibility index (Phi) is 5.00. The summed E-state index contributed by atoms with van der Waals surface area (Å²) in [4.78, 5) is 0. The number of benzene rings is 2. The van der Waals surface area contributed by atoms with Crippen LogP contribution in [0.3, 0.4) is 0 Å². The van der Waals surface area contributed by atoms with Crippen molar-refractivity contribution < 1.29 is 0 Å². The average Bonchev–Trinajstić information content (AvgIpc) is 2.39. The van der Waals surface area contributed by atoms with Gasteiger partial charge in [-0.05, 0) is 44.0 Å². The Balaban J connectivity index is 1.88. The van der Waals surface area contributed by atoms with Gasteiger partial charge in [0.1, 0.15) is 0 Å². The van der Waals surface area contributed by atoms with Gasteiger partial charge < -0.3 is 5.32 Å². The molecular weight excluding hydrogens is 254 g/mol. The van der Waals surface area contributed by atoms with Crippen LogP contribution in [0.1, 0.15) is 29.7 Å². The largest absolute Gasteiger partial charge is 0.310 e. The Morgan fingerprint density at radius 1 is 1.11 bits per heavy atom. The minimum atomic E-state index is 0.276. The van der Waals surface area contributed by atoms with E-state index < -0.39 is 0 Å². The van der Waals surface area contributed by atoms with Gasteiger partial charge in [-0.2, -0.15) is 0 Å². The van der Waals surface area contributed by atoms with Crippen LogP contribution in [0, 0.1) is 6.92 Å². The highest BCUT2D eigenvalue weighted by Crippen LogP contribution is 2.21. The molecule has 0 bridgehead atoms. The highest BCUT2D eigenvalue weighted by atomic mass is 35.5. The summed E-state index contributed by atoms with van der Waals surface area (Å²) in [6.45, 7) is 5.23. The molecule has 0 aromatic heterocycles. The Morgan fingerprint density at radius 2 is 1.89 bits per heavy atom. The first-order valence-electron chi connectivity index (χ1n) is 6.70. The standard InChI is InChI=1S/C17H20ClN/c1-13-6-5-7-15(12-13)10-11-19-14(2)16-8-3-4-9-17(16)18/h3-9,12,14,19H,10-11H2,1-2H3. The fourth-order valence-electron chi connectivity index (χ4n) is 2.24. The Morgan fingerprint density at radius 3 is 2.63 bits per heavy atom. The number of nitrogens with one attached hydrogen (secondary N) is 1. The molecule has 0 radical (unpaired) electrons. The van der Waals surface area contributed by atoms with Crippen LogP contribution in [0.15, 0.2) is 48.5 Å². The maximum Gasteiger partial charge on any atom is 0.0453 e. The first-order chi connectivity index (χ1) is 9.16. The van der Waals surface area contributed by atoms with Crippen LogP contribution in [-0.2, 0) is 6.42 Å². The van der Waals surface area contributed by atoms with Gasteiger partial charge >= 0.3 is 0 Å². The van der Waals surface area contributed by atoms with E-state index in [2.05, 4.69) is 49.5 Å². The molecule has 0 fully saturated rings. The van der Waals surface area contributed by atoms with E-state index in [-0.39, 0.29) is 6.04 Å². The van der Waals surface area contributed by atoms with Crippen LogP contribution >= 0.6 is 11.6 Å². The predicted molar refractivity (Wildman–Crippen MR) is 82.8 cm³/mol. The Bertz CT molecular complexity index is 536. The molecular formula is C17H20ClN. The van der Waals surface area contributed by atoms with E-state index in [1.807, 2.05) is 18.2 Å². The molecule has 2 aromatic carbocycles. The predicted octanol–water partition coefficient (Wildman–Crippen LogP) is 4.54. The summed E-state index contributed by atoms with van der Waals surface area (Å²) in [6, 6.07) is 16.9. The van der Waals surface area contributed by atoms with Gasteiger partial charge in [0.2, 0.25) is 0 Å². The highest BCUT2D eigenvalue weighted by Gasteiger charge is 2.07. The lowest BCUT2D eigenvalue weighted by atomic mass is 10.1. The average molecular weight is 274 g/mol. The lowest BCUT2D eigenvalue weighted by Gasteiger charge is -2.15. The quantitative estimate of drug-likeness (QED) is 0.843. The van der Waals surface area contributed by atoms with Crippen LogP contribution < -0.4 is 5.32 Å². The summed E-state index contributed by atoms with van der Waals surface area (Å²) >= 11 is 6.20. The molecule has 0 saturated heterocycles. The van der Waals surface area contributed by atoms with Crippen molar-refractivity contribution in [1.29, 1.82) is 0 Å². The van der Waals surface area contributed by atoms with Gasteiger partial charge in [0.15, 0.2) is 0 Å². The number of hydrogen-bond donors (Lipinski definition) is 1. The van der Waals surface area contributed by atoms with Crippen molar-refractivity contribution in [3.8, 4) is 0 Å². The molecule has 0 spiro atoms. The maximum atomic E-state index is 6.20. The normalized spacial score (nSPS) is 12.4. The third-order valence-corrected chi connectivity index (χ3v) is 3.66. The van der Waals surface area contributed by atoms with E-state index in [1.54, 1.807) is 0 Å². The fraction of sp³-hybridized carbons (Fsp3) is 0.294. The first kappa shape index (κ1) is 14.1. The van der Waals surface area contributed by atoms with Gasteiger partial charge in [0.05, 0.1) is 0 Å².